The largest absolute Gasteiger partial charge is 0.378 e. The molecule has 0 radical (unpaired) electrons. The smallest absolute Gasteiger partial charge is 0.150 e. The predicted octanol–water partition coefficient (Wildman–Crippen LogP) is 4.44. The third-order valence-electron chi connectivity index (χ3n) is 6.46. The van der Waals surface area contributed by atoms with Crippen LogP contribution in [0.25, 0.3) is 5.70 Å². The van der Waals surface area contributed by atoms with E-state index in [4.69, 9.17) is 19.6 Å². The van der Waals surface area contributed by atoms with Gasteiger partial charge in [0.15, 0.2) is 0 Å². The molecule has 0 aliphatic carbocycles. The number of pyridine rings is 1. The van der Waals surface area contributed by atoms with E-state index in [-0.39, 0.29) is 6.04 Å². The number of benzene rings is 1. The summed E-state index contributed by atoms with van der Waals surface area (Å²) < 4.78 is 11.4. The van der Waals surface area contributed by atoms with Gasteiger partial charge in [-0.2, -0.15) is 0 Å². The van der Waals surface area contributed by atoms with Crippen LogP contribution in [-0.2, 0) is 9.47 Å². The van der Waals surface area contributed by atoms with Crippen LogP contribution >= 0.6 is 0 Å². The molecule has 3 aliphatic heterocycles. The Balaban J connectivity index is 1.46. The van der Waals surface area contributed by atoms with Crippen molar-refractivity contribution in [2.75, 3.05) is 51.0 Å². The van der Waals surface area contributed by atoms with E-state index in [1.54, 1.807) is 0 Å². The normalized spacial score (nSPS) is 21.3. The second-order valence-corrected chi connectivity index (χ2v) is 8.77. The lowest BCUT2D eigenvalue weighted by molar-refractivity contribution is 0.0256. The van der Waals surface area contributed by atoms with E-state index in [2.05, 4.69) is 71.9 Å². The molecule has 5 rings (SSSR count). The second-order valence-electron chi connectivity index (χ2n) is 8.77. The van der Waals surface area contributed by atoms with E-state index in [0.29, 0.717) is 13.2 Å². The van der Waals surface area contributed by atoms with Gasteiger partial charge in [-0.1, -0.05) is 56.0 Å². The van der Waals surface area contributed by atoms with Gasteiger partial charge in [0, 0.05) is 19.6 Å². The summed E-state index contributed by atoms with van der Waals surface area (Å²) in [6, 6.07) is 16.8. The molecule has 3 aliphatic rings. The van der Waals surface area contributed by atoms with Gasteiger partial charge >= 0.3 is 0 Å². The minimum atomic E-state index is 0.114. The van der Waals surface area contributed by atoms with Gasteiger partial charge in [0.2, 0.25) is 0 Å². The van der Waals surface area contributed by atoms with Crippen LogP contribution < -0.4 is 4.90 Å². The highest BCUT2D eigenvalue weighted by atomic mass is 16.5. The predicted molar refractivity (Wildman–Crippen MR) is 140 cm³/mol. The van der Waals surface area contributed by atoms with Crippen LogP contribution in [-0.4, -0.2) is 66.8 Å². The van der Waals surface area contributed by atoms with E-state index in [0.717, 1.165) is 68.0 Å². The van der Waals surface area contributed by atoms with Gasteiger partial charge in [-0.3, -0.25) is 0 Å². The molecule has 2 fully saturated rings. The summed E-state index contributed by atoms with van der Waals surface area (Å²) in [5.74, 6) is 1.87. The molecule has 7 nitrogen and oxygen atoms in total. The van der Waals surface area contributed by atoms with Crippen molar-refractivity contribution < 1.29 is 9.47 Å². The molecule has 7 heteroatoms. The van der Waals surface area contributed by atoms with E-state index in [1.807, 2.05) is 23.2 Å². The first-order chi connectivity index (χ1) is 17.2. The molecule has 0 N–H and O–H groups in total. The van der Waals surface area contributed by atoms with Crippen molar-refractivity contribution in [2.24, 2.45) is 5.10 Å². The average Bonchev–Trinajstić information content (AvgIpc) is 2.93. The maximum absolute atomic E-state index is 5.84. The Bertz CT molecular complexity index is 1120. The van der Waals surface area contributed by atoms with E-state index in [1.165, 1.54) is 5.56 Å². The van der Waals surface area contributed by atoms with Gasteiger partial charge in [-0.15, -0.1) is 5.10 Å². The fourth-order valence-corrected chi connectivity index (χ4v) is 4.66. The molecular formula is C28H33N5O2. The molecule has 1 atom stereocenters. The minimum absolute atomic E-state index is 0.114. The molecule has 182 valence electrons. The zero-order valence-corrected chi connectivity index (χ0v) is 20.3. The number of morpholine rings is 2. The van der Waals surface area contributed by atoms with E-state index >= 15 is 0 Å². The molecule has 0 spiro atoms. The summed E-state index contributed by atoms with van der Waals surface area (Å²) in [5, 5.41) is 7.02. The fourth-order valence-electron chi connectivity index (χ4n) is 4.66. The molecule has 2 saturated heterocycles. The topological polar surface area (TPSA) is 53.4 Å². The summed E-state index contributed by atoms with van der Waals surface area (Å²) in [6.07, 6.45) is 7.13. The van der Waals surface area contributed by atoms with Crippen LogP contribution in [0.3, 0.4) is 0 Å². The molecule has 4 heterocycles. The molecule has 0 bridgehead atoms. The average molecular weight is 472 g/mol. The van der Waals surface area contributed by atoms with Crippen molar-refractivity contribution in [3.63, 3.8) is 0 Å². The van der Waals surface area contributed by atoms with E-state index < -0.39 is 0 Å². The Hall–Kier alpha value is -3.42. The van der Waals surface area contributed by atoms with Crippen LogP contribution in [0.2, 0.25) is 0 Å². The second kappa shape index (κ2) is 10.9. The number of hydrazone groups is 1. The molecule has 35 heavy (non-hydrogen) atoms. The maximum atomic E-state index is 5.84. The molecular weight excluding hydrogens is 438 g/mol. The van der Waals surface area contributed by atoms with Crippen LogP contribution in [0.4, 0.5) is 5.82 Å². The van der Waals surface area contributed by atoms with E-state index in [9.17, 15) is 0 Å². The standard InChI is InChI=1S/C28H33N5O2/c1-3-8-25(24-11-7-12-27(29-24)31-15-18-34-19-16-31)33-22(2)13-14-28(30-33)32-17-20-35-21-26(32)23-9-5-4-6-10-23/h4-14,26H,2-3,15-21H2,1H3/b25-8-. The lowest BCUT2D eigenvalue weighted by Gasteiger charge is -2.39. The van der Waals surface area contributed by atoms with Gasteiger partial charge < -0.3 is 19.3 Å². The highest BCUT2D eigenvalue weighted by molar-refractivity contribution is 5.95. The minimum Gasteiger partial charge on any atom is -0.378 e. The SMILES string of the molecule is C=C1C=CC(N2CCOCC2c2ccccc2)=NN1/C(=C\CC)c1cccc(N2CCOCC2)n1. The Morgan fingerprint density at radius 1 is 1.00 bits per heavy atom. The van der Waals surface area contributed by atoms with Crippen molar-refractivity contribution >= 4 is 17.4 Å². The molecule has 0 saturated carbocycles. The van der Waals surface area contributed by atoms with Gasteiger partial charge in [0.25, 0.3) is 0 Å². The summed E-state index contributed by atoms with van der Waals surface area (Å²) in [4.78, 5) is 9.62. The van der Waals surface area contributed by atoms with Crippen molar-refractivity contribution in [3.8, 4) is 0 Å². The highest BCUT2D eigenvalue weighted by Crippen LogP contribution is 2.31. The van der Waals surface area contributed by atoms with Gasteiger partial charge in [0.1, 0.15) is 11.7 Å². The molecule has 1 aromatic heterocycles. The van der Waals surface area contributed by atoms with Gasteiger partial charge in [-0.05, 0) is 36.3 Å². The summed E-state index contributed by atoms with van der Waals surface area (Å²) in [7, 11) is 0. The highest BCUT2D eigenvalue weighted by Gasteiger charge is 2.29. The Labute approximate surface area is 207 Å². The third kappa shape index (κ3) is 5.16. The fraction of sp³-hybridized carbons (Fsp3) is 0.357. The summed E-state index contributed by atoms with van der Waals surface area (Å²) in [6.45, 7) is 11.7. The first-order valence-electron chi connectivity index (χ1n) is 12.4. The number of aromatic nitrogens is 1. The zero-order chi connectivity index (χ0) is 24.0. The number of anilines is 1. The van der Waals surface area contributed by atoms with Crippen molar-refractivity contribution in [2.45, 2.75) is 19.4 Å². The molecule has 2 aromatic rings. The zero-order valence-electron chi connectivity index (χ0n) is 20.3. The number of hydrogen-bond acceptors (Lipinski definition) is 7. The van der Waals surface area contributed by atoms with Crippen LogP contribution in [0.15, 0.2) is 84.1 Å². The number of nitrogens with zero attached hydrogens (tertiary/aromatic N) is 5. The lowest BCUT2D eigenvalue weighted by Crippen LogP contribution is -2.44. The van der Waals surface area contributed by atoms with Gasteiger partial charge in [0.05, 0.1) is 49.6 Å². The third-order valence-corrected chi connectivity index (χ3v) is 6.46. The first kappa shape index (κ1) is 23.3. The number of hydrogen-bond donors (Lipinski definition) is 0. The van der Waals surface area contributed by atoms with Crippen molar-refractivity contribution in [1.82, 2.24) is 14.9 Å². The van der Waals surface area contributed by atoms with Crippen LogP contribution in [0.5, 0.6) is 0 Å². The maximum Gasteiger partial charge on any atom is 0.150 e. The quantitative estimate of drug-likeness (QED) is 0.643. The molecule has 0 amide bonds. The number of allylic oxidation sites excluding steroid dienone is 2. The number of ether oxygens (including phenoxy) is 2. The Morgan fingerprint density at radius 2 is 1.80 bits per heavy atom. The number of amidine groups is 1. The monoisotopic (exact) mass is 471 g/mol. The van der Waals surface area contributed by atoms with Gasteiger partial charge in [-0.25, -0.2) is 9.99 Å². The van der Waals surface area contributed by atoms with Crippen LogP contribution in [0.1, 0.15) is 30.6 Å². The lowest BCUT2D eigenvalue weighted by atomic mass is 10.0. The van der Waals surface area contributed by atoms with Crippen LogP contribution in [0, 0.1) is 0 Å². The summed E-state index contributed by atoms with van der Waals surface area (Å²) >= 11 is 0. The first-order valence-corrected chi connectivity index (χ1v) is 12.4. The van der Waals surface area contributed by atoms with Crippen molar-refractivity contribution in [3.05, 3.63) is 90.3 Å². The Morgan fingerprint density at radius 3 is 2.60 bits per heavy atom. The molecule has 1 aromatic carbocycles. The molecule has 1 unspecified atom stereocenters. The number of rotatable bonds is 5. The van der Waals surface area contributed by atoms with Crippen molar-refractivity contribution in [1.29, 1.82) is 0 Å². The summed E-state index contributed by atoms with van der Waals surface area (Å²) in [5.41, 5.74) is 3.87. The Kier molecular flexibility index (Phi) is 7.25.